The molecule has 3 aromatic carbocycles. The predicted molar refractivity (Wildman–Crippen MR) is 155 cm³/mol. The molecule has 2 amide bonds. The topological polar surface area (TPSA) is 148 Å². The van der Waals surface area contributed by atoms with Crippen LogP contribution in [0.5, 0.6) is 0 Å². The molecule has 0 aliphatic carbocycles. The molecule has 1 saturated heterocycles. The molecular formula is C29H27N7O5S. The van der Waals surface area contributed by atoms with Crippen molar-refractivity contribution in [1.29, 1.82) is 0 Å². The van der Waals surface area contributed by atoms with Gasteiger partial charge in [0.15, 0.2) is 21.3 Å². The van der Waals surface area contributed by atoms with E-state index in [4.69, 9.17) is 14.7 Å². The summed E-state index contributed by atoms with van der Waals surface area (Å²) in [4.78, 5) is 37.1. The molecule has 3 heterocycles. The van der Waals surface area contributed by atoms with Gasteiger partial charge in [-0.15, -0.1) is 5.10 Å². The van der Waals surface area contributed by atoms with E-state index in [1.165, 1.54) is 21.5 Å². The molecule has 0 bridgehead atoms. The fraction of sp³-hybridized carbons (Fsp3) is 0.207. The first-order valence-electron chi connectivity index (χ1n) is 13.2. The van der Waals surface area contributed by atoms with E-state index in [-0.39, 0.29) is 43.0 Å². The standard InChI is InChI=1S/C29H27N7O5S/c1-42(39,40)21-13-11-20(12-14-21)25-33-26-22-9-5-6-10-23(22)31-28(36(26)34-25)32-24-17-35(16-15-30-27(24)37)29(38)41-18-19-7-3-2-4-8-19/h2-14,24H,15-18H2,1H3,(H,30,37)(H,31,32)/t24-/m1/s1. The van der Waals surface area contributed by atoms with Crippen molar-refractivity contribution in [3.8, 4) is 11.4 Å². The molecular weight excluding hydrogens is 558 g/mol. The first kappa shape index (κ1) is 27.1. The summed E-state index contributed by atoms with van der Waals surface area (Å²) >= 11 is 0. The lowest BCUT2D eigenvalue weighted by molar-refractivity contribution is -0.121. The quantitative estimate of drug-likeness (QED) is 0.307. The number of amides is 2. The number of hydrogen-bond donors (Lipinski definition) is 2. The van der Waals surface area contributed by atoms with Crippen LogP contribution >= 0.6 is 0 Å². The number of fused-ring (bicyclic) bond motifs is 3. The number of nitrogens with one attached hydrogen (secondary N) is 2. The van der Waals surface area contributed by atoms with E-state index >= 15 is 0 Å². The van der Waals surface area contributed by atoms with Crippen LogP contribution in [0.15, 0.2) is 83.8 Å². The molecule has 0 saturated carbocycles. The van der Waals surface area contributed by atoms with E-state index in [9.17, 15) is 18.0 Å². The van der Waals surface area contributed by atoms with Crippen LogP contribution in [0.4, 0.5) is 10.7 Å². The highest BCUT2D eigenvalue weighted by Crippen LogP contribution is 2.25. The molecule has 214 valence electrons. The maximum absolute atomic E-state index is 13.0. The van der Waals surface area contributed by atoms with Gasteiger partial charge in [-0.1, -0.05) is 42.5 Å². The molecule has 6 rings (SSSR count). The summed E-state index contributed by atoms with van der Waals surface area (Å²) in [6.07, 6.45) is 0.619. The van der Waals surface area contributed by atoms with Crippen molar-refractivity contribution in [1.82, 2.24) is 29.8 Å². The highest BCUT2D eigenvalue weighted by molar-refractivity contribution is 7.90. The molecule has 0 spiro atoms. The number of hydrogen-bond acceptors (Lipinski definition) is 9. The molecule has 13 heteroatoms. The lowest BCUT2D eigenvalue weighted by Gasteiger charge is -2.23. The number of anilines is 1. The molecule has 1 aliphatic heterocycles. The highest BCUT2D eigenvalue weighted by Gasteiger charge is 2.30. The monoisotopic (exact) mass is 585 g/mol. The van der Waals surface area contributed by atoms with Crippen molar-refractivity contribution in [3.05, 3.63) is 84.4 Å². The zero-order valence-corrected chi connectivity index (χ0v) is 23.4. The van der Waals surface area contributed by atoms with Gasteiger partial charge in [0.05, 0.1) is 17.0 Å². The van der Waals surface area contributed by atoms with Crippen LogP contribution in [0, 0.1) is 0 Å². The maximum Gasteiger partial charge on any atom is 0.410 e. The molecule has 1 fully saturated rings. The van der Waals surface area contributed by atoms with Crippen molar-refractivity contribution < 1.29 is 22.7 Å². The minimum atomic E-state index is -3.36. The predicted octanol–water partition coefficient (Wildman–Crippen LogP) is 2.90. The second kappa shape index (κ2) is 11.1. The van der Waals surface area contributed by atoms with E-state index in [0.29, 0.717) is 22.6 Å². The van der Waals surface area contributed by atoms with Gasteiger partial charge < -0.3 is 20.3 Å². The van der Waals surface area contributed by atoms with Crippen molar-refractivity contribution in [2.45, 2.75) is 17.5 Å². The molecule has 12 nitrogen and oxygen atoms in total. The van der Waals surface area contributed by atoms with Crippen LogP contribution in [0.1, 0.15) is 5.56 Å². The number of rotatable bonds is 6. The van der Waals surface area contributed by atoms with E-state index < -0.39 is 22.0 Å². The van der Waals surface area contributed by atoms with E-state index in [1.807, 2.05) is 54.6 Å². The van der Waals surface area contributed by atoms with Gasteiger partial charge in [-0.3, -0.25) is 4.79 Å². The number of nitrogens with zero attached hydrogens (tertiary/aromatic N) is 5. The second-order valence-electron chi connectivity index (χ2n) is 9.89. The molecule has 1 atom stereocenters. The first-order chi connectivity index (χ1) is 20.3. The third-order valence-electron chi connectivity index (χ3n) is 6.89. The fourth-order valence-electron chi connectivity index (χ4n) is 4.70. The Balaban J connectivity index is 1.31. The van der Waals surface area contributed by atoms with Crippen LogP contribution in [-0.2, 0) is 26.0 Å². The Morgan fingerprint density at radius 2 is 1.76 bits per heavy atom. The Labute approximate surface area is 241 Å². The number of para-hydroxylation sites is 1. The lowest BCUT2D eigenvalue weighted by Crippen LogP contribution is -2.44. The number of benzene rings is 3. The van der Waals surface area contributed by atoms with Gasteiger partial charge in [0.1, 0.15) is 12.6 Å². The Morgan fingerprint density at radius 1 is 1.02 bits per heavy atom. The highest BCUT2D eigenvalue weighted by atomic mass is 32.2. The minimum absolute atomic E-state index is 0.0456. The fourth-order valence-corrected chi connectivity index (χ4v) is 5.33. The molecule has 0 unspecified atom stereocenters. The number of ether oxygens (including phenoxy) is 1. The Morgan fingerprint density at radius 3 is 2.52 bits per heavy atom. The third-order valence-corrected chi connectivity index (χ3v) is 8.02. The van der Waals surface area contributed by atoms with E-state index in [0.717, 1.165) is 17.2 Å². The van der Waals surface area contributed by atoms with Gasteiger partial charge in [0.2, 0.25) is 11.9 Å². The summed E-state index contributed by atoms with van der Waals surface area (Å²) in [5.41, 5.74) is 2.60. The summed E-state index contributed by atoms with van der Waals surface area (Å²) in [5, 5.41) is 11.4. The zero-order valence-electron chi connectivity index (χ0n) is 22.6. The molecule has 2 N–H and O–H groups in total. The summed E-state index contributed by atoms with van der Waals surface area (Å²) in [6.45, 7) is 0.726. The van der Waals surface area contributed by atoms with Crippen molar-refractivity contribution in [3.63, 3.8) is 0 Å². The van der Waals surface area contributed by atoms with Crippen molar-refractivity contribution in [2.75, 3.05) is 31.2 Å². The first-order valence-corrected chi connectivity index (χ1v) is 15.1. The summed E-state index contributed by atoms with van der Waals surface area (Å²) in [7, 11) is -3.36. The average Bonchev–Trinajstić information content (AvgIpc) is 3.37. The average molecular weight is 586 g/mol. The normalized spacial score (nSPS) is 15.8. The van der Waals surface area contributed by atoms with Gasteiger partial charge in [0.25, 0.3) is 0 Å². The van der Waals surface area contributed by atoms with Gasteiger partial charge in [-0.2, -0.15) is 4.52 Å². The van der Waals surface area contributed by atoms with Crippen LogP contribution in [0.25, 0.3) is 27.9 Å². The SMILES string of the molecule is CS(=O)(=O)c1ccc(-c2nc3c4ccccc4nc(N[C@@H]4CN(C(=O)OCc5ccccc5)CCNC4=O)n3n2)cc1. The molecule has 42 heavy (non-hydrogen) atoms. The van der Waals surface area contributed by atoms with E-state index in [2.05, 4.69) is 15.7 Å². The molecule has 0 radical (unpaired) electrons. The maximum atomic E-state index is 13.0. The van der Waals surface area contributed by atoms with Crippen molar-refractivity contribution in [2.24, 2.45) is 0 Å². The number of sulfone groups is 1. The number of carbonyl (C=O) groups excluding carboxylic acids is 2. The minimum Gasteiger partial charge on any atom is -0.445 e. The molecule has 1 aliphatic rings. The molecule has 2 aromatic heterocycles. The van der Waals surface area contributed by atoms with Gasteiger partial charge in [-0.25, -0.2) is 23.2 Å². The number of aromatic nitrogens is 4. The van der Waals surface area contributed by atoms with Crippen LogP contribution in [-0.4, -0.2) is 76.8 Å². The lowest BCUT2D eigenvalue weighted by atomic mass is 10.2. The molecule has 5 aromatic rings. The van der Waals surface area contributed by atoms with Crippen LogP contribution < -0.4 is 10.6 Å². The number of carbonyl (C=O) groups is 2. The Bertz CT molecular complexity index is 1890. The van der Waals surface area contributed by atoms with Gasteiger partial charge in [0, 0.05) is 30.3 Å². The Kier molecular flexibility index (Phi) is 7.17. The summed E-state index contributed by atoms with van der Waals surface area (Å²) < 4.78 is 30.8. The summed E-state index contributed by atoms with van der Waals surface area (Å²) in [5.74, 6) is 0.315. The third kappa shape index (κ3) is 5.59. The zero-order chi connectivity index (χ0) is 29.3. The largest absolute Gasteiger partial charge is 0.445 e. The van der Waals surface area contributed by atoms with Gasteiger partial charge >= 0.3 is 6.09 Å². The Hall–Kier alpha value is -5.04. The summed E-state index contributed by atoms with van der Waals surface area (Å²) in [6, 6.07) is 22.2. The van der Waals surface area contributed by atoms with Crippen molar-refractivity contribution >= 4 is 44.3 Å². The van der Waals surface area contributed by atoms with Crippen LogP contribution in [0.3, 0.4) is 0 Å². The smallest absolute Gasteiger partial charge is 0.410 e. The van der Waals surface area contributed by atoms with E-state index in [1.54, 1.807) is 12.1 Å². The van der Waals surface area contributed by atoms with Crippen LogP contribution in [0.2, 0.25) is 0 Å². The van der Waals surface area contributed by atoms with Gasteiger partial charge in [-0.05, 0) is 42.0 Å². The second-order valence-corrected chi connectivity index (χ2v) is 11.9.